The van der Waals surface area contributed by atoms with Crippen LogP contribution in [0.25, 0.3) is 0 Å². The SMILES string of the molecule is CC(Oc1ccc(C(C)N(O)C(N)=O)cc1)c1ccc(C#N)cc1. The van der Waals surface area contributed by atoms with Crippen LogP contribution in [0.3, 0.4) is 0 Å². The van der Waals surface area contributed by atoms with Crippen molar-refractivity contribution in [3.63, 3.8) is 0 Å². The molecule has 0 aromatic heterocycles. The molecular weight excluding hydrogens is 306 g/mol. The number of benzene rings is 2. The summed E-state index contributed by atoms with van der Waals surface area (Å²) in [6, 6.07) is 14.9. The number of hydrogen-bond donors (Lipinski definition) is 2. The van der Waals surface area contributed by atoms with E-state index in [1.165, 1.54) is 0 Å². The average Bonchev–Trinajstić information content (AvgIpc) is 2.61. The Labute approximate surface area is 140 Å². The number of nitrogens with zero attached hydrogens (tertiary/aromatic N) is 2. The van der Waals surface area contributed by atoms with Gasteiger partial charge in [-0.1, -0.05) is 24.3 Å². The highest BCUT2D eigenvalue weighted by Gasteiger charge is 2.17. The van der Waals surface area contributed by atoms with Crippen molar-refractivity contribution in [1.29, 1.82) is 5.26 Å². The zero-order valence-electron chi connectivity index (χ0n) is 13.5. The maximum atomic E-state index is 11.0. The molecule has 2 amide bonds. The summed E-state index contributed by atoms with van der Waals surface area (Å²) in [4.78, 5) is 11.0. The molecule has 6 heteroatoms. The molecule has 0 saturated heterocycles. The minimum absolute atomic E-state index is 0.180. The first-order chi connectivity index (χ1) is 11.4. The lowest BCUT2D eigenvalue weighted by Gasteiger charge is -2.21. The molecule has 0 radical (unpaired) electrons. The lowest BCUT2D eigenvalue weighted by molar-refractivity contribution is -0.0710. The van der Waals surface area contributed by atoms with E-state index >= 15 is 0 Å². The maximum Gasteiger partial charge on any atom is 0.339 e. The van der Waals surface area contributed by atoms with Gasteiger partial charge in [-0.2, -0.15) is 10.3 Å². The molecule has 2 atom stereocenters. The van der Waals surface area contributed by atoms with Gasteiger partial charge in [0.25, 0.3) is 0 Å². The van der Waals surface area contributed by atoms with Gasteiger partial charge >= 0.3 is 6.03 Å². The van der Waals surface area contributed by atoms with Crippen LogP contribution in [0.5, 0.6) is 5.75 Å². The minimum atomic E-state index is -0.905. The first-order valence-corrected chi connectivity index (χ1v) is 7.46. The van der Waals surface area contributed by atoms with E-state index in [1.54, 1.807) is 43.3 Å². The van der Waals surface area contributed by atoms with E-state index in [-0.39, 0.29) is 6.10 Å². The number of nitriles is 1. The van der Waals surface area contributed by atoms with E-state index in [0.29, 0.717) is 16.4 Å². The average molecular weight is 325 g/mol. The molecule has 0 spiro atoms. The number of carbonyl (C=O) groups excluding carboxylic acids is 1. The summed E-state index contributed by atoms with van der Waals surface area (Å²) < 4.78 is 5.87. The molecule has 2 aromatic carbocycles. The summed E-state index contributed by atoms with van der Waals surface area (Å²) in [5.41, 5.74) is 7.34. The number of ether oxygens (including phenoxy) is 1. The summed E-state index contributed by atoms with van der Waals surface area (Å²) in [5, 5.41) is 18.9. The molecule has 0 bridgehead atoms. The van der Waals surface area contributed by atoms with Gasteiger partial charge in [-0.25, -0.2) is 4.79 Å². The van der Waals surface area contributed by atoms with Crippen LogP contribution in [0.1, 0.15) is 42.7 Å². The normalized spacial score (nSPS) is 12.8. The number of amides is 2. The Morgan fingerprint density at radius 1 is 1.12 bits per heavy atom. The first kappa shape index (κ1) is 17.3. The quantitative estimate of drug-likeness (QED) is 0.648. The Morgan fingerprint density at radius 2 is 1.67 bits per heavy atom. The lowest BCUT2D eigenvalue weighted by Crippen LogP contribution is -2.34. The summed E-state index contributed by atoms with van der Waals surface area (Å²) in [5.74, 6) is 0.659. The van der Waals surface area contributed by atoms with Gasteiger partial charge in [-0.3, -0.25) is 5.21 Å². The molecule has 24 heavy (non-hydrogen) atoms. The van der Waals surface area contributed by atoms with Crippen molar-refractivity contribution in [2.45, 2.75) is 26.0 Å². The molecule has 124 valence electrons. The zero-order valence-corrected chi connectivity index (χ0v) is 13.5. The fraction of sp³-hybridized carbons (Fsp3) is 0.222. The Hall–Kier alpha value is -3.04. The lowest BCUT2D eigenvalue weighted by atomic mass is 10.1. The Morgan fingerprint density at radius 3 is 2.17 bits per heavy atom. The number of nitrogens with two attached hydrogens (primary N) is 1. The van der Waals surface area contributed by atoms with Crippen LogP contribution in [0.2, 0.25) is 0 Å². The van der Waals surface area contributed by atoms with Crippen molar-refractivity contribution in [1.82, 2.24) is 5.06 Å². The van der Waals surface area contributed by atoms with Crippen LogP contribution in [0.15, 0.2) is 48.5 Å². The number of primary amides is 1. The molecule has 0 heterocycles. The topological polar surface area (TPSA) is 99.6 Å². The van der Waals surface area contributed by atoms with Crippen molar-refractivity contribution >= 4 is 6.03 Å². The van der Waals surface area contributed by atoms with Crippen LogP contribution < -0.4 is 10.5 Å². The standard InChI is InChI=1S/C18H19N3O3/c1-12(21(23)18(20)22)15-7-9-17(10-8-15)24-13(2)16-5-3-14(11-19)4-6-16/h3-10,12-13,23H,1-2H3,(H2,20,22). The van der Waals surface area contributed by atoms with E-state index < -0.39 is 12.1 Å². The molecular formula is C18H19N3O3. The van der Waals surface area contributed by atoms with Crippen LogP contribution in [-0.4, -0.2) is 16.3 Å². The highest BCUT2D eigenvalue weighted by Crippen LogP contribution is 2.25. The molecule has 2 unspecified atom stereocenters. The van der Waals surface area contributed by atoms with Gasteiger partial charge in [0, 0.05) is 0 Å². The largest absolute Gasteiger partial charge is 0.486 e. The van der Waals surface area contributed by atoms with Crippen LogP contribution in [-0.2, 0) is 0 Å². The third kappa shape index (κ3) is 4.03. The summed E-state index contributed by atoms with van der Waals surface area (Å²) in [7, 11) is 0. The van der Waals surface area contributed by atoms with E-state index in [9.17, 15) is 10.0 Å². The fourth-order valence-corrected chi connectivity index (χ4v) is 2.26. The van der Waals surface area contributed by atoms with Gasteiger partial charge in [0.15, 0.2) is 0 Å². The van der Waals surface area contributed by atoms with Gasteiger partial charge in [0.2, 0.25) is 0 Å². The predicted molar refractivity (Wildman–Crippen MR) is 88.3 cm³/mol. The second kappa shape index (κ2) is 7.49. The van der Waals surface area contributed by atoms with Crippen LogP contribution in [0, 0.1) is 11.3 Å². The van der Waals surface area contributed by atoms with Gasteiger partial charge in [0.1, 0.15) is 11.9 Å². The van der Waals surface area contributed by atoms with Crippen LogP contribution in [0.4, 0.5) is 4.79 Å². The van der Waals surface area contributed by atoms with E-state index in [0.717, 1.165) is 11.1 Å². The number of hydrogen-bond acceptors (Lipinski definition) is 4. The van der Waals surface area contributed by atoms with Crippen molar-refractivity contribution < 1.29 is 14.7 Å². The van der Waals surface area contributed by atoms with Crippen molar-refractivity contribution in [3.05, 3.63) is 65.2 Å². The fourth-order valence-electron chi connectivity index (χ4n) is 2.26. The molecule has 0 aliphatic heterocycles. The summed E-state index contributed by atoms with van der Waals surface area (Å²) in [6.07, 6.45) is -0.180. The Kier molecular flexibility index (Phi) is 5.40. The van der Waals surface area contributed by atoms with Gasteiger partial charge in [-0.05, 0) is 49.2 Å². The number of rotatable bonds is 5. The third-order valence-corrected chi connectivity index (χ3v) is 3.78. The molecule has 3 N–H and O–H groups in total. The number of urea groups is 1. The highest BCUT2D eigenvalue weighted by atomic mass is 16.5. The van der Waals surface area contributed by atoms with Gasteiger partial charge in [0.05, 0.1) is 17.7 Å². The zero-order chi connectivity index (χ0) is 17.7. The minimum Gasteiger partial charge on any atom is -0.486 e. The van der Waals surface area contributed by atoms with Crippen molar-refractivity contribution in [2.24, 2.45) is 5.73 Å². The summed E-state index contributed by atoms with van der Waals surface area (Å²) >= 11 is 0. The van der Waals surface area contributed by atoms with Crippen molar-refractivity contribution in [2.75, 3.05) is 0 Å². The van der Waals surface area contributed by atoms with E-state index in [1.807, 2.05) is 19.1 Å². The third-order valence-electron chi connectivity index (χ3n) is 3.78. The Bertz CT molecular complexity index is 736. The second-order valence-electron chi connectivity index (χ2n) is 5.42. The van der Waals surface area contributed by atoms with E-state index in [2.05, 4.69) is 6.07 Å². The highest BCUT2D eigenvalue weighted by molar-refractivity contribution is 5.71. The first-order valence-electron chi connectivity index (χ1n) is 7.46. The maximum absolute atomic E-state index is 11.0. The molecule has 6 nitrogen and oxygen atoms in total. The number of carbonyl (C=O) groups is 1. The molecule has 0 saturated carbocycles. The monoisotopic (exact) mass is 325 g/mol. The second-order valence-corrected chi connectivity index (χ2v) is 5.42. The molecule has 0 aliphatic rings. The van der Waals surface area contributed by atoms with Gasteiger partial charge < -0.3 is 10.5 Å². The van der Waals surface area contributed by atoms with Crippen LogP contribution >= 0.6 is 0 Å². The predicted octanol–water partition coefficient (Wildman–Crippen LogP) is 3.53. The summed E-state index contributed by atoms with van der Waals surface area (Å²) in [6.45, 7) is 3.58. The molecule has 2 rings (SSSR count). The van der Waals surface area contributed by atoms with E-state index in [4.69, 9.17) is 15.7 Å². The number of hydroxylamine groups is 2. The Balaban J connectivity index is 2.05. The molecule has 0 fully saturated rings. The molecule has 2 aromatic rings. The van der Waals surface area contributed by atoms with Gasteiger partial charge in [-0.15, -0.1) is 0 Å². The van der Waals surface area contributed by atoms with Crippen molar-refractivity contribution in [3.8, 4) is 11.8 Å². The smallest absolute Gasteiger partial charge is 0.339 e. The molecule has 0 aliphatic carbocycles.